The van der Waals surface area contributed by atoms with Crippen molar-refractivity contribution in [1.82, 2.24) is 20.5 Å². The van der Waals surface area contributed by atoms with Crippen molar-refractivity contribution < 1.29 is 13.2 Å². The molecule has 4 nitrogen and oxygen atoms in total. The fraction of sp³-hybridized carbons (Fsp3) is 0.333. The number of alkyl halides is 3. The number of hydrogen-bond donors (Lipinski definition) is 2. The summed E-state index contributed by atoms with van der Waals surface area (Å²) in [5.41, 5.74) is -0.455. The first-order chi connectivity index (χ1) is 9.00. The Labute approximate surface area is 108 Å². The molecular formula is C12H13F3N4. The van der Waals surface area contributed by atoms with Gasteiger partial charge in [-0.15, -0.1) is 0 Å². The Morgan fingerprint density at radius 2 is 2.00 bits per heavy atom. The average molecular weight is 270 g/mol. The van der Waals surface area contributed by atoms with Crippen LogP contribution in [0.3, 0.4) is 0 Å². The van der Waals surface area contributed by atoms with E-state index in [4.69, 9.17) is 0 Å². The summed E-state index contributed by atoms with van der Waals surface area (Å²) in [6.45, 7) is 0.470. The lowest BCUT2D eigenvalue weighted by atomic mass is 10.0. The van der Waals surface area contributed by atoms with E-state index in [9.17, 15) is 13.2 Å². The van der Waals surface area contributed by atoms with Crippen LogP contribution in [0.25, 0.3) is 0 Å². The van der Waals surface area contributed by atoms with E-state index >= 15 is 0 Å². The van der Waals surface area contributed by atoms with Crippen LogP contribution < -0.4 is 5.32 Å². The molecule has 0 bridgehead atoms. The van der Waals surface area contributed by atoms with Gasteiger partial charge in [0, 0.05) is 6.42 Å². The van der Waals surface area contributed by atoms with Crippen molar-refractivity contribution in [3.63, 3.8) is 0 Å². The third-order valence-corrected chi connectivity index (χ3v) is 2.59. The average Bonchev–Trinajstić information content (AvgIpc) is 2.76. The molecule has 7 heteroatoms. The van der Waals surface area contributed by atoms with Crippen LogP contribution in [0.15, 0.2) is 24.3 Å². The van der Waals surface area contributed by atoms with Crippen LogP contribution in [0.5, 0.6) is 0 Å². The largest absolute Gasteiger partial charge is 0.416 e. The molecule has 0 saturated carbocycles. The predicted molar refractivity (Wildman–Crippen MR) is 63.4 cm³/mol. The van der Waals surface area contributed by atoms with Crippen LogP contribution in [-0.4, -0.2) is 22.2 Å². The second-order valence-electron chi connectivity index (χ2n) is 4.06. The number of H-pyrrole nitrogens is 1. The van der Waals surface area contributed by atoms with Crippen LogP contribution in [0.2, 0.25) is 0 Å². The smallest absolute Gasteiger partial charge is 0.313 e. The van der Waals surface area contributed by atoms with Gasteiger partial charge in [-0.2, -0.15) is 18.3 Å². The number of hydrogen-bond acceptors (Lipinski definition) is 3. The summed E-state index contributed by atoms with van der Waals surface area (Å²) < 4.78 is 38.5. The Bertz CT molecular complexity index is 548. The van der Waals surface area contributed by atoms with Gasteiger partial charge in [0.05, 0.1) is 12.1 Å². The molecule has 0 aliphatic carbocycles. The van der Waals surface area contributed by atoms with Crippen molar-refractivity contribution in [3.05, 3.63) is 47.0 Å². The van der Waals surface area contributed by atoms with Crippen LogP contribution in [0.1, 0.15) is 22.8 Å². The number of aromatic nitrogens is 3. The van der Waals surface area contributed by atoms with E-state index in [1.165, 1.54) is 12.1 Å². The molecule has 19 heavy (non-hydrogen) atoms. The van der Waals surface area contributed by atoms with E-state index < -0.39 is 11.7 Å². The minimum Gasteiger partial charge on any atom is -0.313 e. The molecule has 1 aromatic carbocycles. The maximum absolute atomic E-state index is 12.8. The standard InChI is InChI=1S/C12H13F3N4/c1-16-7-11-17-10(18-19-11)6-8-4-2-3-5-9(8)12(13,14)15/h2-5,16H,6-7H2,1H3,(H,17,18,19). The van der Waals surface area contributed by atoms with Gasteiger partial charge in [-0.25, -0.2) is 4.98 Å². The van der Waals surface area contributed by atoms with Gasteiger partial charge < -0.3 is 5.32 Å². The first-order valence-electron chi connectivity index (χ1n) is 5.70. The predicted octanol–water partition coefficient (Wildman–Crippen LogP) is 2.13. The number of nitrogens with one attached hydrogen (secondary N) is 2. The normalized spacial score (nSPS) is 11.8. The van der Waals surface area contributed by atoms with Crippen molar-refractivity contribution in [3.8, 4) is 0 Å². The molecule has 0 unspecified atom stereocenters. The van der Waals surface area contributed by atoms with E-state index in [0.717, 1.165) is 6.07 Å². The summed E-state index contributed by atoms with van der Waals surface area (Å²) in [5.74, 6) is 0.948. The summed E-state index contributed by atoms with van der Waals surface area (Å²) in [6, 6.07) is 5.47. The van der Waals surface area contributed by atoms with Crippen LogP contribution in [0.4, 0.5) is 13.2 Å². The van der Waals surface area contributed by atoms with Crippen molar-refractivity contribution in [2.45, 2.75) is 19.1 Å². The number of nitrogens with zero attached hydrogens (tertiary/aromatic N) is 2. The van der Waals surface area contributed by atoms with Gasteiger partial charge in [0.2, 0.25) is 0 Å². The van der Waals surface area contributed by atoms with Gasteiger partial charge in [-0.3, -0.25) is 5.10 Å². The second kappa shape index (κ2) is 5.40. The molecule has 2 N–H and O–H groups in total. The number of halogens is 3. The minimum atomic E-state index is -4.36. The summed E-state index contributed by atoms with van der Waals surface area (Å²) in [5, 5.41) is 9.44. The Morgan fingerprint density at radius 3 is 2.68 bits per heavy atom. The molecule has 1 heterocycles. The third kappa shape index (κ3) is 3.31. The van der Waals surface area contributed by atoms with Crippen molar-refractivity contribution in [1.29, 1.82) is 0 Å². The lowest BCUT2D eigenvalue weighted by Gasteiger charge is -2.11. The van der Waals surface area contributed by atoms with Crippen molar-refractivity contribution in [2.24, 2.45) is 0 Å². The van der Waals surface area contributed by atoms with Gasteiger partial charge in [-0.05, 0) is 18.7 Å². The van der Waals surface area contributed by atoms with Crippen molar-refractivity contribution in [2.75, 3.05) is 7.05 Å². The number of aromatic amines is 1. The third-order valence-electron chi connectivity index (χ3n) is 2.59. The molecule has 2 aromatic rings. The van der Waals surface area contributed by atoms with E-state index in [0.29, 0.717) is 18.2 Å². The highest BCUT2D eigenvalue weighted by atomic mass is 19.4. The Kier molecular flexibility index (Phi) is 3.84. The number of rotatable bonds is 4. The summed E-state index contributed by atoms with van der Waals surface area (Å²) >= 11 is 0. The van der Waals surface area contributed by atoms with Gasteiger partial charge in [-0.1, -0.05) is 18.2 Å². The molecule has 0 fully saturated rings. The molecule has 0 radical (unpaired) electrons. The lowest BCUT2D eigenvalue weighted by Crippen LogP contribution is -2.10. The monoisotopic (exact) mass is 270 g/mol. The lowest BCUT2D eigenvalue weighted by molar-refractivity contribution is -0.138. The summed E-state index contributed by atoms with van der Waals surface area (Å²) in [4.78, 5) is 4.12. The first kappa shape index (κ1) is 13.5. The highest BCUT2D eigenvalue weighted by molar-refractivity contribution is 5.31. The highest BCUT2D eigenvalue weighted by Gasteiger charge is 2.32. The highest BCUT2D eigenvalue weighted by Crippen LogP contribution is 2.32. The van der Waals surface area contributed by atoms with E-state index in [1.807, 2.05) is 0 Å². The van der Waals surface area contributed by atoms with Gasteiger partial charge in [0.1, 0.15) is 5.82 Å². The van der Waals surface area contributed by atoms with Crippen LogP contribution >= 0.6 is 0 Å². The van der Waals surface area contributed by atoms with E-state index in [2.05, 4.69) is 20.5 Å². The Morgan fingerprint density at radius 1 is 1.26 bits per heavy atom. The fourth-order valence-corrected chi connectivity index (χ4v) is 1.78. The molecule has 2 rings (SSSR count). The van der Waals surface area contributed by atoms with Crippen LogP contribution in [-0.2, 0) is 19.1 Å². The molecule has 0 saturated heterocycles. The molecule has 0 atom stereocenters. The summed E-state index contributed by atoms with van der Waals surface area (Å²) in [7, 11) is 1.75. The maximum atomic E-state index is 12.8. The Hall–Kier alpha value is -1.89. The zero-order valence-corrected chi connectivity index (χ0v) is 10.3. The second-order valence-corrected chi connectivity index (χ2v) is 4.06. The Balaban J connectivity index is 2.23. The number of benzene rings is 1. The van der Waals surface area contributed by atoms with Gasteiger partial charge >= 0.3 is 6.18 Å². The molecule has 1 aromatic heterocycles. The molecule has 0 aliphatic rings. The fourth-order valence-electron chi connectivity index (χ4n) is 1.78. The van der Waals surface area contributed by atoms with Crippen molar-refractivity contribution >= 4 is 0 Å². The molecule has 102 valence electrons. The quantitative estimate of drug-likeness (QED) is 0.895. The topological polar surface area (TPSA) is 53.6 Å². The summed E-state index contributed by atoms with van der Waals surface area (Å²) in [6.07, 6.45) is -4.28. The maximum Gasteiger partial charge on any atom is 0.416 e. The van der Waals surface area contributed by atoms with E-state index in [-0.39, 0.29) is 12.0 Å². The molecule has 0 aliphatic heterocycles. The minimum absolute atomic E-state index is 0.0758. The first-order valence-corrected chi connectivity index (χ1v) is 5.70. The SMILES string of the molecule is CNCc1n[nH]c(Cc2ccccc2C(F)(F)F)n1. The van der Waals surface area contributed by atoms with E-state index in [1.54, 1.807) is 13.1 Å². The van der Waals surface area contributed by atoms with Crippen LogP contribution in [0, 0.1) is 0 Å². The van der Waals surface area contributed by atoms with Gasteiger partial charge in [0.25, 0.3) is 0 Å². The zero-order valence-electron chi connectivity index (χ0n) is 10.3. The van der Waals surface area contributed by atoms with Gasteiger partial charge in [0.15, 0.2) is 5.82 Å². The zero-order chi connectivity index (χ0) is 13.9. The molecule has 0 spiro atoms. The molecular weight excluding hydrogens is 257 g/mol. The molecule has 0 amide bonds.